The monoisotopic (exact) mass is 310 g/mol. The van der Waals surface area contributed by atoms with E-state index in [1.54, 1.807) is 6.08 Å². The summed E-state index contributed by atoms with van der Waals surface area (Å²) in [6.07, 6.45) is 2.16. The second kappa shape index (κ2) is 5.70. The molecule has 1 fully saturated rings. The highest BCUT2D eigenvalue weighted by Gasteiger charge is 2.26. The molecule has 1 aliphatic heterocycles. The van der Waals surface area contributed by atoms with Crippen LogP contribution in [0.4, 0.5) is 0 Å². The van der Waals surface area contributed by atoms with E-state index in [0.29, 0.717) is 6.42 Å². The highest BCUT2D eigenvalue weighted by Crippen LogP contribution is 2.07. The number of hydrogen-bond acceptors (Lipinski definition) is 1. The van der Waals surface area contributed by atoms with Crippen LogP contribution >= 0.6 is 0 Å². The number of hydrogen-bond donors (Lipinski definition) is 0. The van der Waals surface area contributed by atoms with Crippen molar-refractivity contribution in [3.8, 4) is 0 Å². The quantitative estimate of drug-likeness (QED) is 0.313. The molecule has 4 heteroatoms. The molecule has 0 bridgehead atoms. The number of piperazine rings is 1. The molecule has 0 aromatic rings. The highest BCUT2D eigenvalue weighted by molar-refractivity contribution is 5.77. The van der Waals surface area contributed by atoms with Gasteiger partial charge in [0, 0.05) is 6.42 Å². The van der Waals surface area contributed by atoms with Gasteiger partial charge in [0.1, 0.15) is 0 Å². The molecule has 0 N–H and O–H groups in total. The summed E-state index contributed by atoms with van der Waals surface area (Å²) in [7, 11) is 4.41. The molecule has 0 aliphatic carbocycles. The van der Waals surface area contributed by atoms with Crippen LogP contribution in [-0.2, 0) is 4.79 Å². The summed E-state index contributed by atoms with van der Waals surface area (Å²) >= 11 is 0. The fourth-order valence-corrected chi connectivity index (χ4v) is 1.51. The van der Waals surface area contributed by atoms with Gasteiger partial charge in [0.25, 0.3) is 0 Å². The van der Waals surface area contributed by atoms with E-state index in [0.717, 1.165) is 30.7 Å². The molecule has 3 nitrogen and oxygen atoms in total. The van der Waals surface area contributed by atoms with Gasteiger partial charge in [0.15, 0.2) is 0 Å². The molecule has 1 aliphatic rings. The van der Waals surface area contributed by atoms with Gasteiger partial charge in [-0.25, -0.2) is 0 Å². The molecule has 0 spiro atoms. The first-order valence-electron chi connectivity index (χ1n) is 4.76. The number of quaternary nitrogens is 1. The number of carbonyl (C=O) groups excluding carboxylic acids is 1. The van der Waals surface area contributed by atoms with Crippen LogP contribution in [0.1, 0.15) is 6.42 Å². The third kappa shape index (κ3) is 3.96. The summed E-state index contributed by atoms with van der Waals surface area (Å²) in [6, 6.07) is 0. The van der Waals surface area contributed by atoms with Crippen molar-refractivity contribution in [2.75, 3.05) is 40.3 Å². The van der Waals surface area contributed by atoms with E-state index >= 15 is 0 Å². The van der Waals surface area contributed by atoms with Crippen molar-refractivity contribution in [2.45, 2.75) is 6.42 Å². The summed E-state index contributed by atoms with van der Waals surface area (Å²) in [5.74, 6) is 0.217. The summed E-state index contributed by atoms with van der Waals surface area (Å²) in [5.41, 5.74) is 0. The van der Waals surface area contributed by atoms with E-state index in [9.17, 15) is 4.79 Å². The second-order valence-electron chi connectivity index (χ2n) is 4.26. The lowest BCUT2D eigenvalue weighted by atomic mass is 10.2. The fraction of sp³-hybridized carbons (Fsp3) is 0.700. The van der Waals surface area contributed by atoms with Crippen LogP contribution in [0.25, 0.3) is 0 Å². The van der Waals surface area contributed by atoms with Crippen molar-refractivity contribution < 1.29 is 33.3 Å². The SMILES string of the molecule is C=CCC(=O)N1CC[N+](C)(C)CC1.[I-]. The van der Waals surface area contributed by atoms with Crippen molar-refractivity contribution in [1.82, 2.24) is 4.90 Å². The molecule has 1 heterocycles. The number of amides is 1. The number of halogens is 1. The molecule has 0 radical (unpaired) electrons. The minimum absolute atomic E-state index is 0. The molecular weight excluding hydrogens is 291 g/mol. The van der Waals surface area contributed by atoms with Crippen LogP contribution in [0.5, 0.6) is 0 Å². The van der Waals surface area contributed by atoms with Crippen molar-refractivity contribution in [2.24, 2.45) is 0 Å². The fourth-order valence-electron chi connectivity index (χ4n) is 1.51. The number of likely N-dealkylation sites (N-methyl/N-ethyl adjacent to an activating group) is 1. The lowest BCUT2D eigenvalue weighted by molar-refractivity contribution is -0.894. The first-order chi connectivity index (χ1) is 6.05. The predicted molar refractivity (Wildman–Crippen MR) is 53.2 cm³/mol. The van der Waals surface area contributed by atoms with E-state index in [4.69, 9.17) is 0 Å². The van der Waals surface area contributed by atoms with Gasteiger partial charge in [-0.1, -0.05) is 6.08 Å². The van der Waals surface area contributed by atoms with Crippen LogP contribution in [0.3, 0.4) is 0 Å². The third-order valence-corrected chi connectivity index (χ3v) is 2.62. The second-order valence-corrected chi connectivity index (χ2v) is 4.26. The third-order valence-electron chi connectivity index (χ3n) is 2.62. The molecule has 0 aromatic carbocycles. The van der Waals surface area contributed by atoms with Crippen LogP contribution in [0.15, 0.2) is 12.7 Å². The first kappa shape index (κ1) is 13.9. The van der Waals surface area contributed by atoms with E-state index in [1.165, 1.54) is 0 Å². The Morgan fingerprint density at radius 1 is 1.43 bits per heavy atom. The summed E-state index contributed by atoms with van der Waals surface area (Å²) < 4.78 is 1.03. The Kier molecular flexibility index (Phi) is 5.66. The smallest absolute Gasteiger partial charge is 0.226 e. The molecule has 82 valence electrons. The lowest BCUT2D eigenvalue weighted by Crippen LogP contribution is -3.00. The molecule has 1 rings (SSSR count). The topological polar surface area (TPSA) is 20.3 Å². The zero-order valence-corrected chi connectivity index (χ0v) is 11.2. The maximum atomic E-state index is 11.5. The number of rotatable bonds is 2. The Hall–Kier alpha value is -0.100. The standard InChI is InChI=1S/C10H19N2O.HI/c1-4-5-10(13)11-6-8-12(2,3)9-7-11;/h4H,1,5-9H2,2-3H3;1H/q+1;/p-1. The van der Waals surface area contributed by atoms with Crippen molar-refractivity contribution in [1.29, 1.82) is 0 Å². The predicted octanol–water partition coefficient (Wildman–Crippen LogP) is -2.51. The van der Waals surface area contributed by atoms with Crippen LogP contribution < -0.4 is 24.0 Å². The van der Waals surface area contributed by atoms with E-state index in [1.807, 2.05) is 4.90 Å². The van der Waals surface area contributed by atoms with Crippen LogP contribution in [-0.4, -0.2) is 55.6 Å². The van der Waals surface area contributed by atoms with E-state index in [-0.39, 0.29) is 29.9 Å². The Labute approximate surface area is 103 Å². The Morgan fingerprint density at radius 2 is 1.93 bits per heavy atom. The molecule has 0 aromatic heterocycles. The number of carbonyl (C=O) groups is 1. The Bertz CT molecular complexity index is 206. The highest BCUT2D eigenvalue weighted by atomic mass is 127. The maximum absolute atomic E-state index is 11.5. The number of nitrogens with zero attached hydrogens (tertiary/aromatic N) is 2. The van der Waals surface area contributed by atoms with Gasteiger partial charge < -0.3 is 33.4 Å². The molecule has 0 unspecified atom stereocenters. The van der Waals surface area contributed by atoms with Gasteiger partial charge in [-0.3, -0.25) is 4.79 Å². The average molecular weight is 310 g/mol. The molecule has 1 saturated heterocycles. The Balaban J connectivity index is 0.00000169. The molecule has 0 saturated carbocycles. The van der Waals surface area contributed by atoms with E-state index < -0.39 is 0 Å². The minimum Gasteiger partial charge on any atom is -1.00 e. The Morgan fingerprint density at radius 3 is 2.36 bits per heavy atom. The van der Waals surface area contributed by atoms with E-state index in [2.05, 4.69) is 20.7 Å². The van der Waals surface area contributed by atoms with Crippen LogP contribution in [0.2, 0.25) is 0 Å². The van der Waals surface area contributed by atoms with Gasteiger partial charge in [0.05, 0.1) is 40.3 Å². The van der Waals surface area contributed by atoms with Crippen molar-refractivity contribution in [3.05, 3.63) is 12.7 Å². The average Bonchev–Trinajstić information content (AvgIpc) is 2.04. The minimum atomic E-state index is 0. The van der Waals surface area contributed by atoms with Gasteiger partial charge in [-0.2, -0.15) is 0 Å². The van der Waals surface area contributed by atoms with Gasteiger partial charge in [0.2, 0.25) is 5.91 Å². The largest absolute Gasteiger partial charge is 1.00 e. The van der Waals surface area contributed by atoms with Crippen molar-refractivity contribution >= 4 is 5.91 Å². The van der Waals surface area contributed by atoms with Crippen molar-refractivity contribution in [3.63, 3.8) is 0 Å². The summed E-state index contributed by atoms with van der Waals surface area (Å²) in [5, 5.41) is 0. The van der Waals surface area contributed by atoms with Gasteiger partial charge >= 0.3 is 0 Å². The molecule has 14 heavy (non-hydrogen) atoms. The normalized spacial score (nSPS) is 19.7. The van der Waals surface area contributed by atoms with Gasteiger partial charge in [-0.15, -0.1) is 6.58 Å². The molecule has 0 atom stereocenters. The summed E-state index contributed by atoms with van der Waals surface area (Å²) in [6.45, 7) is 7.47. The van der Waals surface area contributed by atoms with Crippen LogP contribution in [0, 0.1) is 0 Å². The zero-order chi connectivity index (χ0) is 9.90. The zero-order valence-electron chi connectivity index (χ0n) is 9.00. The summed E-state index contributed by atoms with van der Waals surface area (Å²) in [4.78, 5) is 13.4. The molecular formula is C10H19IN2O. The lowest BCUT2D eigenvalue weighted by Gasteiger charge is -2.39. The first-order valence-corrected chi connectivity index (χ1v) is 4.76. The molecule has 1 amide bonds. The maximum Gasteiger partial charge on any atom is 0.226 e. The van der Waals surface area contributed by atoms with Gasteiger partial charge in [-0.05, 0) is 0 Å².